The number of amides is 1. The number of sulfonamides is 1. The van der Waals surface area contributed by atoms with Crippen molar-refractivity contribution >= 4 is 33.2 Å². The maximum atomic E-state index is 13.1. The van der Waals surface area contributed by atoms with Crippen molar-refractivity contribution in [3.05, 3.63) is 51.7 Å². The molecule has 2 aliphatic heterocycles. The molecule has 1 N–H and O–H groups in total. The van der Waals surface area contributed by atoms with Gasteiger partial charge in [-0.15, -0.1) is 11.3 Å². The Morgan fingerprint density at radius 2 is 2.06 bits per heavy atom. The Kier molecular flexibility index (Phi) is 7.13. The summed E-state index contributed by atoms with van der Waals surface area (Å²) in [4.78, 5) is 27.6. The molecule has 11 heteroatoms. The Hall–Kier alpha value is -2.34. The lowest BCUT2D eigenvalue weighted by molar-refractivity contribution is -0.141. The first-order valence-electron chi connectivity index (χ1n) is 10.7. The topological polar surface area (TPSA) is 102 Å². The van der Waals surface area contributed by atoms with Crippen LogP contribution < -0.4 is 4.72 Å². The lowest BCUT2D eigenvalue weighted by atomic mass is 10.0. The number of rotatable bonds is 7. The number of thiophene rings is 1. The van der Waals surface area contributed by atoms with Gasteiger partial charge in [-0.1, -0.05) is 12.1 Å². The first kappa shape index (κ1) is 23.8. The molecular formula is C22H25FN2O6S2. The summed E-state index contributed by atoms with van der Waals surface area (Å²) >= 11 is 0.989. The van der Waals surface area contributed by atoms with Gasteiger partial charge in [0.2, 0.25) is 0 Å². The van der Waals surface area contributed by atoms with E-state index in [1.54, 1.807) is 17.0 Å². The van der Waals surface area contributed by atoms with Crippen LogP contribution in [0.1, 0.15) is 39.2 Å². The predicted octanol–water partition coefficient (Wildman–Crippen LogP) is 2.26. The van der Waals surface area contributed by atoms with E-state index in [1.165, 1.54) is 19.2 Å². The number of methoxy groups -OCH3 is 1. The smallest absolute Gasteiger partial charge is 0.340 e. The zero-order chi connectivity index (χ0) is 23.6. The van der Waals surface area contributed by atoms with Gasteiger partial charge in [0.25, 0.3) is 15.9 Å². The van der Waals surface area contributed by atoms with E-state index in [-0.39, 0.29) is 34.6 Å². The summed E-state index contributed by atoms with van der Waals surface area (Å²) in [5.41, 5.74) is 1.43. The van der Waals surface area contributed by atoms with Gasteiger partial charge in [-0.25, -0.2) is 22.3 Å². The molecule has 1 aromatic heterocycles. The molecule has 1 fully saturated rings. The van der Waals surface area contributed by atoms with Crippen LogP contribution in [0.4, 0.5) is 4.39 Å². The van der Waals surface area contributed by atoms with Crippen molar-refractivity contribution in [1.29, 1.82) is 0 Å². The first-order chi connectivity index (χ1) is 15.8. The van der Waals surface area contributed by atoms with Gasteiger partial charge in [-0.05, 0) is 48.9 Å². The fraction of sp³-hybridized carbons (Fsp3) is 0.455. The van der Waals surface area contributed by atoms with Gasteiger partial charge in [0.1, 0.15) is 16.1 Å². The van der Waals surface area contributed by atoms with Crippen molar-refractivity contribution in [2.45, 2.75) is 42.5 Å². The van der Waals surface area contributed by atoms with Crippen LogP contribution in [0.2, 0.25) is 0 Å². The second kappa shape index (κ2) is 9.88. The molecule has 0 aliphatic carbocycles. The Morgan fingerprint density at radius 1 is 1.30 bits per heavy atom. The first-order valence-corrected chi connectivity index (χ1v) is 13.0. The molecule has 0 bridgehead atoms. The van der Waals surface area contributed by atoms with E-state index in [0.29, 0.717) is 42.9 Å². The molecule has 3 heterocycles. The van der Waals surface area contributed by atoms with E-state index in [4.69, 9.17) is 9.47 Å². The Bertz CT molecular complexity index is 1140. The molecular weight excluding hydrogens is 471 g/mol. The maximum Gasteiger partial charge on any atom is 0.340 e. The monoisotopic (exact) mass is 496 g/mol. The Labute approximate surface area is 195 Å². The van der Waals surface area contributed by atoms with Crippen LogP contribution in [0.15, 0.2) is 28.5 Å². The van der Waals surface area contributed by atoms with Gasteiger partial charge < -0.3 is 14.4 Å². The van der Waals surface area contributed by atoms with Crippen LogP contribution in [0.25, 0.3) is 0 Å². The normalized spacial score (nSPS) is 18.2. The third-order valence-electron chi connectivity index (χ3n) is 5.79. The highest BCUT2D eigenvalue weighted by molar-refractivity contribution is 7.91. The van der Waals surface area contributed by atoms with E-state index in [9.17, 15) is 22.4 Å². The van der Waals surface area contributed by atoms with Gasteiger partial charge in [0.15, 0.2) is 0 Å². The lowest BCUT2D eigenvalue weighted by Crippen LogP contribution is -2.41. The van der Waals surface area contributed by atoms with E-state index in [0.717, 1.165) is 23.3 Å². The summed E-state index contributed by atoms with van der Waals surface area (Å²) in [6.45, 7) is 1.26. The van der Waals surface area contributed by atoms with Crippen LogP contribution in [-0.4, -0.2) is 58.1 Å². The molecule has 8 nitrogen and oxygen atoms in total. The third-order valence-corrected chi connectivity index (χ3v) is 8.99. The Balaban J connectivity index is 1.54. The van der Waals surface area contributed by atoms with Crippen LogP contribution >= 0.6 is 11.3 Å². The van der Waals surface area contributed by atoms with Gasteiger partial charge in [-0.2, -0.15) is 0 Å². The molecule has 0 saturated carbocycles. The van der Waals surface area contributed by atoms with E-state index in [1.807, 2.05) is 0 Å². The van der Waals surface area contributed by atoms with E-state index < -0.39 is 22.1 Å². The molecule has 1 saturated heterocycles. The highest BCUT2D eigenvalue weighted by Gasteiger charge is 2.36. The van der Waals surface area contributed by atoms with Gasteiger partial charge in [0, 0.05) is 24.6 Å². The molecule has 178 valence electrons. The largest absolute Gasteiger partial charge is 0.465 e. The SMILES string of the molecule is COC(=O)c1c(S(=O)(=O)NCCc2ccc(F)cc2)sc2c1CCN(C(=O)[C@@H]1CCCO1)C2. The molecule has 2 aliphatic rings. The Morgan fingerprint density at radius 3 is 2.73 bits per heavy atom. The summed E-state index contributed by atoms with van der Waals surface area (Å²) in [7, 11) is -2.80. The number of nitrogens with one attached hydrogen (secondary N) is 1. The maximum absolute atomic E-state index is 13.1. The number of fused-ring (bicyclic) bond motifs is 1. The van der Waals surface area contributed by atoms with Crippen LogP contribution in [0, 0.1) is 5.82 Å². The summed E-state index contributed by atoms with van der Waals surface area (Å²) in [5, 5.41) is 0. The van der Waals surface area contributed by atoms with E-state index in [2.05, 4.69) is 4.72 Å². The number of halogens is 1. The fourth-order valence-electron chi connectivity index (χ4n) is 4.09. The fourth-order valence-corrected chi connectivity index (χ4v) is 7.06. The molecule has 0 unspecified atom stereocenters. The number of ether oxygens (including phenoxy) is 2. The van der Waals surface area contributed by atoms with E-state index >= 15 is 0 Å². The number of nitrogens with zero attached hydrogens (tertiary/aromatic N) is 1. The molecule has 0 spiro atoms. The standard InChI is InChI=1S/C22H25FN2O6S2/c1-30-21(27)19-16-9-11-25(20(26)17-3-2-12-31-17)13-18(16)32-22(19)33(28,29)24-10-8-14-4-6-15(23)7-5-14/h4-7,17,24H,2-3,8-13H2,1H3/t17-/m0/s1. The highest BCUT2D eigenvalue weighted by atomic mass is 32.2. The minimum absolute atomic E-state index is 0.0380. The van der Waals surface area contributed by atoms with Crippen molar-refractivity contribution in [3.63, 3.8) is 0 Å². The molecule has 1 aromatic carbocycles. The second-order valence-electron chi connectivity index (χ2n) is 7.94. The van der Waals surface area contributed by atoms with Crippen molar-refractivity contribution < 1.29 is 31.9 Å². The van der Waals surface area contributed by atoms with Crippen LogP contribution in [-0.2, 0) is 43.7 Å². The third kappa shape index (κ3) is 5.11. The highest BCUT2D eigenvalue weighted by Crippen LogP contribution is 2.37. The lowest BCUT2D eigenvalue weighted by Gasteiger charge is -2.29. The van der Waals surface area contributed by atoms with Crippen molar-refractivity contribution in [1.82, 2.24) is 9.62 Å². The molecule has 1 atom stereocenters. The number of hydrogen-bond acceptors (Lipinski definition) is 7. The zero-order valence-electron chi connectivity index (χ0n) is 18.1. The number of carbonyl (C=O) groups excluding carboxylic acids is 2. The van der Waals surface area contributed by atoms with Crippen LogP contribution in [0.3, 0.4) is 0 Å². The molecule has 1 amide bonds. The molecule has 4 rings (SSSR count). The van der Waals surface area contributed by atoms with Crippen molar-refractivity contribution in [2.24, 2.45) is 0 Å². The van der Waals surface area contributed by atoms with Crippen LogP contribution in [0.5, 0.6) is 0 Å². The number of esters is 1. The summed E-state index contributed by atoms with van der Waals surface area (Å²) < 4.78 is 52.0. The van der Waals surface area contributed by atoms with Gasteiger partial charge >= 0.3 is 5.97 Å². The molecule has 33 heavy (non-hydrogen) atoms. The minimum Gasteiger partial charge on any atom is -0.465 e. The minimum atomic E-state index is -4.01. The molecule has 2 aromatic rings. The predicted molar refractivity (Wildman–Crippen MR) is 119 cm³/mol. The van der Waals surface area contributed by atoms with Gasteiger partial charge in [0.05, 0.1) is 19.2 Å². The second-order valence-corrected chi connectivity index (χ2v) is 11.0. The number of carbonyl (C=O) groups is 2. The van der Waals surface area contributed by atoms with Crippen molar-refractivity contribution in [2.75, 3.05) is 26.8 Å². The summed E-state index contributed by atoms with van der Waals surface area (Å²) in [6.07, 6.45) is 1.79. The molecule has 0 radical (unpaired) electrons. The van der Waals surface area contributed by atoms with Gasteiger partial charge in [-0.3, -0.25) is 4.79 Å². The zero-order valence-corrected chi connectivity index (χ0v) is 19.8. The average molecular weight is 497 g/mol. The number of benzene rings is 1. The quantitative estimate of drug-likeness (QED) is 0.590. The summed E-state index contributed by atoms with van der Waals surface area (Å²) in [6, 6.07) is 5.81. The average Bonchev–Trinajstić information content (AvgIpc) is 3.47. The number of hydrogen-bond donors (Lipinski definition) is 1. The summed E-state index contributed by atoms with van der Waals surface area (Å²) in [5.74, 6) is -1.18. The van der Waals surface area contributed by atoms with Crippen molar-refractivity contribution in [3.8, 4) is 0 Å².